The van der Waals surface area contributed by atoms with Gasteiger partial charge in [-0.1, -0.05) is 320 Å². The van der Waals surface area contributed by atoms with Crippen molar-refractivity contribution in [1.82, 2.24) is 5.32 Å². The highest BCUT2D eigenvalue weighted by molar-refractivity contribution is 5.76. The first-order chi connectivity index (χ1) is 48.1. The van der Waals surface area contributed by atoms with Crippen LogP contribution in [0.1, 0.15) is 284 Å². The minimum Gasteiger partial charge on any atom is -0.394 e. The molecule has 2 heterocycles. The van der Waals surface area contributed by atoms with Crippen molar-refractivity contribution in [2.45, 2.75) is 357 Å². The normalized spacial score (nSPS) is 22.9. The maximum Gasteiger partial charge on any atom is 0.220 e. The third kappa shape index (κ3) is 48.7. The summed E-state index contributed by atoms with van der Waals surface area (Å²) in [6, 6.07) is -0.865. The Hall–Kier alpha value is -4.13. The molecule has 0 aromatic rings. The zero-order valence-corrected chi connectivity index (χ0v) is 61.2. The molecule has 2 aliphatic rings. The monoisotopic (exact) mass is 1370 g/mol. The van der Waals surface area contributed by atoms with Gasteiger partial charge in [-0.25, -0.2) is 0 Å². The van der Waals surface area contributed by atoms with Crippen LogP contribution in [0.4, 0.5) is 0 Å². The van der Waals surface area contributed by atoms with Crippen molar-refractivity contribution in [3.63, 3.8) is 0 Å². The minimum atomic E-state index is -1.80. The standard InChI is InChI=1S/C84H141NO13/c1-3-5-7-9-11-13-15-17-19-21-23-25-27-29-30-31-32-33-34-35-36-37-38-39-40-41-42-44-46-48-50-52-54-56-58-60-62-64-66-68-76(89)85-72(71-95-83-81(94)79(92)82(75(70-87)97-83)98-84-80(93)78(91)77(90)74(69-86)96-84)73(88)67-65-63-61-59-57-55-53-51-49-47-45-43-28-26-24-22-20-18-16-14-12-10-8-6-4-2/h5,7,11,13,17,19,23,25,29-30,32-33,35-36,38-39,41-42,46,48,52,54,58,60,72-75,77-84,86-88,90-94H,3-4,6,8-10,12,14-16,18,20-22,24,26-28,31,34,37,40,43-45,47,49-51,53,55-57,59,61-71H2,1-2H3,(H,85,89)/b7-5-,13-11-,19-17-,25-23-,30-29-,33-32-,36-35-,39-38-,42-41-,48-46-,54-52-,60-58-. The molecular weight excluding hydrogens is 1230 g/mol. The smallest absolute Gasteiger partial charge is 0.220 e. The van der Waals surface area contributed by atoms with Crippen LogP contribution in [0.25, 0.3) is 0 Å². The van der Waals surface area contributed by atoms with Crippen LogP contribution in [0.3, 0.4) is 0 Å². The summed E-state index contributed by atoms with van der Waals surface area (Å²) in [5, 5.41) is 87.8. The Balaban J connectivity index is 1.67. The van der Waals surface area contributed by atoms with E-state index in [1.54, 1.807) is 0 Å². The fourth-order valence-electron chi connectivity index (χ4n) is 11.9. The van der Waals surface area contributed by atoms with Crippen LogP contribution in [0, 0.1) is 0 Å². The van der Waals surface area contributed by atoms with Crippen LogP contribution in [-0.2, 0) is 23.7 Å². The average molecular weight is 1370 g/mol. The van der Waals surface area contributed by atoms with E-state index in [1.807, 2.05) is 0 Å². The largest absolute Gasteiger partial charge is 0.394 e. The summed E-state index contributed by atoms with van der Waals surface area (Å²) >= 11 is 0. The molecule has 0 bridgehead atoms. The first-order valence-electron chi connectivity index (χ1n) is 39.1. The van der Waals surface area contributed by atoms with Crippen LogP contribution in [0.5, 0.6) is 0 Å². The maximum absolute atomic E-state index is 13.4. The van der Waals surface area contributed by atoms with Gasteiger partial charge >= 0.3 is 0 Å². The van der Waals surface area contributed by atoms with Gasteiger partial charge in [-0.15, -0.1) is 0 Å². The molecule has 0 aromatic carbocycles. The number of hydrogen-bond donors (Lipinski definition) is 9. The molecule has 12 atom stereocenters. The van der Waals surface area contributed by atoms with Gasteiger partial charge in [0.25, 0.3) is 0 Å². The SMILES string of the molecule is CC/C=C\C/C=C\C/C=C\C/C=C\C/C=C\C/C=C\C/C=C\C/C=C\C/C=C\C/C=C\C/C=C\C/C=C\CCCCC(=O)NC(COC1OC(CO)C(OC2OC(CO)C(O)C(O)C2O)C(O)C1O)C(O)CCCCCCCCCCCCCCCCCCCCCCCCCCC. The molecule has 14 nitrogen and oxygen atoms in total. The van der Waals surface area contributed by atoms with Crippen molar-refractivity contribution in [3.05, 3.63) is 146 Å². The molecule has 2 aliphatic heterocycles. The van der Waals surface area contributed by atoms with Gasteiger partial charge in [-0.2, -0.15) is 0 Å². The number of unbranched alkanes of at least 4 members (excludes halogenated alkanes) is 26. The Labute approximate surface area is 595 Å². The van der Waals surface area contributed by atoms with Gasteiger partial charge in [-0.3, -0.25) is 4.79 Å². The number of allylic oxidation sites excluding steroid dienone is 24. The number of carbonyl (C=O) groups is 1. The number of amides is 1. The van der Waals surface area contributed by atoms with Crippen molar-refractivity contribution in [2.24, 2.45) is 0 Å². The maximum atomic E-state index is 13.4. The van der Waals surface area contributed by atoms with E-state index >= 15 is 0 Å². The van der Waals surface area contributed by atoms with Crippen molar-refractivity contribution < 1.29 is 64.6 Å². The second kappa shape index (κ2) is 66.1. The van der Waals surface area contributed by atoms with E-state index in [9.17, 15) is 45.6 Å². The highest BCUT2D eigenvalue weighted by atomic mass is 16.7. The van der Waals surface area contributed by atoms with E-state index in [0.717, 1.165) is 116 Å². The van der Waals surface area contributed by atoms with Gasteiger partial charge in [0.1, 0.15) is 48.8 Å². The van der Waals surface area contributed by atoms with Crippen LogP contribution >= 0.6 is 0 Å². The Morgan fingerprint density at radius 2 is 0.704 bits per heavy atom. The Kier molecular flexibility index (Phi) is 60.7. The highest BCUT2D eigenvalue weighted by Crippen LogP contribution is 2.30. The molecule has 1 amide bonds. The Morgan fingerprint density at radius 3 is 1.06 bits per heavy atom. The van der Waals surface area contributed by atoms with Crippen molar-refractivity contribution in [2.75, 3.05) is 19.8 Å². The predicted molar refractivity (Wildman–Crippen MR) is 405 cm³/mol. The lowest BCUT2D eigenvalue weighted by Gasteiger charge is -2.46. The second-order valence-electron chi connectivity index (χ2n) is 26.8. The number of aliphatic hydroxyl groups excluding tert-OH is 8. The van der Waals surface area contributed by atoms with Gasteiger partial charge < -0.3 is 65.1 Å². The van der Waals surface area contributed by atoms with Crippen molar-refractivity contribution >= 4 is 5.91 Å². The Morgan fingerprint density at radius 1 is 0.378 bits per heavy atom. The number of nitrogens with one attached hydrogen (secondary N) is 1. The molecule has 0 aromatic heterocycles. The van der Waals surface area contributed by atoms with Gasteiger partial charge in [-0.05, 0) is 103 Å². The summed E-state index contributed by atoms with van der Waals surface area (Å²) in [5.41, 5.74) is 0. The van der Waals surface area contributed by atoms with Gasteiger partial charge in [0.15, 0.2) is 12.6 Å². The molecule has 2 rings (SSSR count). The fraction of sp³-hybridized carbons (Fsp3) is 0.702. The van der Waals surface area contributed by atoms with Gasteiger partial charge in [0, 0.05) is 6.42 Å². The molecule has 2 fully saturated rings. The molecule has 560 valence electrons. The molecule has 12 unspecified atom stereocenters. The molecule has 0 radical (unpaired) electrons. The lowest BCUT2D eigenvalue weighted by molar-refractivity contribution is -0.359. The lowest BCUT2D eigenvalue weighted by atomic mass is 9.97. The summed E-state index contributed by atoms with van der Waals surface area (Å²) in [7, 11) is 0. The second-order valence-corrected chi connectivity index (χ2v) is 26.8. The summed E-state index contributed by atoms with van der Waals surface area (Å²) in [6.07, 6.45) is 83.0. The molecule has 0 aliphatic carbocycles. The summed E-state index contributed by atoms with van der Waals surface area (Å²) in [4.78, 5) is 13.4. The first kappa shape index (κ1) is 90.0. The molecule has 14 heteroatoms. The molecule has 2 saturated heterocycles. The van der Waals surface area contributed by atoms with E-state index in [0.29, 0.717) is 12.8 Å². The van der Waals surface area contributed by atoms with Crippen LogP contribution in [-0.4, -0.2) is 140 Å². The molecular formula is C84H141NO13. The molecule has 9 N–H and O–H groups in total. The minimum absolute atomic E-state index is 0.240. The zero-order chi connectivity index (χ0) is 70.8. The van der Waals surface area contributed by atoms with Crippen LogP contribution < -0.4 is 5.32 Å². The van der Waals surface area contributed by atoms with E-state index in [-0.39, 0.29) is 18.9 Å². The van der Waals surface area contributed by atoms with E-state index in [2.05, 4.69) is 165 Å². The van der Waals surface area contributed by atoms with E-state index in [4.69, 9.17) is 18.9 Å². The van der Waals surface area contributed by atoms with Crippen LogP contribution in [0.15, 0.2) is 146 Å². The number of carbonyl (C=O) groups excluding carboxylic acids is 1. The Bertz CT molecular complexity index is 2210. The highest BCUT2D eigenvalue weighted by Gasteiger charge is 2.51. The number of hydrogen-bond acceptors (Lipinski definition) is 13. The fourth-order valence-corrected chi connectivity index (χ4v) is 11.9. The van der Waals surface area contributed by atoms with E-state index < -0.39 is 86.8 Å². The quantitative estimate of drug-likeness (QED) is 0.0204. The van der Waals surface area contributed by atoms with Crippen molar-refractivity contribution in [1.29, 1.82) is 0 Å². The molecule has 98 heavy (non-hydrogen) atoms. The number of rotatable bonds is 63. The van der Waals surface area contributed by atoms with E-state index in [1.165, 1.54) is 135 Å². The third-order valence-corrected chi connectivity index (χ3v) is 18.1. The van der Waals surface area contributed by atoms with Gasteiger partial charge in [0.2, 0.25) is 5.91 Å². The summed E-state index contributed by atoms with van der Waals surface area (Å²) in [6.45, 7) is 2.74. The summed E-state index contributed by atoms with van der Waals surface area (Å²) < 4.78 is 22.9. The average Bonchev–Trinajstić information content (AvgIpc) is 0.793. The topological polar surface area (TPSA) is 228 Å². The number of aliphatic hydroxyl groups is 8. The zero-order valence-electron chi connectivity index (χ0n) is 61.2. The lowest BCUT2D eigenvalue weighted by Crippen LogP contribution is -2.65. The molecule has 0 spiro atoms. The predicted octanol–water partition coefficient (Wildman–Crippen LogP) is 17.6. The molecule has 0 saturated carbocycles. The van der Waals surface area contributed by atoms with Crippen LogP contribution in [0.2, 0.25) is 0 Å². The summed E-state index contributed by atoms with van der Waals surface area (Å²) in [5.74, 6) is -0.251. The third-order valence-electron chi connectivity index (χ3n) is 18.1. The first-order valence-corrected chi connectivity index (χ1v) is 39.1. The van der Waals surface area contributed by atoms with Crippen molar-refractivity contribution in [3.8, 4) is 0 Å². The number of ether oxygens (including phenoxy) is 4. The van der Waals surface area contributed by atoms with Gasteiger partial charge in [0.05, 0.1) is 32.0 Å².